The zero-order valence-corrected chi connectivity index (χ0v) is 16.6. The van der Waals surface area contributed by atoms with Gasteiger partial charge in [0.1, 0.15) is 19.8 Å². The minimum Gasteiger partial charge on any atom is -0.460 e. The molecular formula is C18H27BO9. The number of ether oxygens (including phenoxy) is 3. The molecule has 0 unspecified atom stereocenters. The molecule has 0 bridgehead atoms. The zero-order valence-electron chi connectivity index (χ0n) is 16.6. The van der Waals surface area contributed by atoms with Crippen LogP contribution in [0.15, 0.2) is 36.5 Å². The van der Waals surface area contributed by atoms with Crippen LogP contribution in [0, 0.1) is 0 Å². The number of carbonyl (C=O) groups excluding carboxylic acids is 3. The summed E-state index contributed by atoms with van der Waals surface area (Å²) in [4.78, 5) is 33.9. The van der Waals surface area contributed by atoms with E-state index >= 15 is 0 Å². The van der Waals surface area contributed by atoms with Gasteiger partial charge in [-0.2, -0.15) is 0 Å². The van der Waals surface area contributed by atoms with Gasteiger partial charge in [-0.15, -0.1) is 0 Å². The maximum atomic E-state index is 11.3. The Labute approximate surface area is 165 Å². The van der Waals surface area contributed by atoms with E-state index in [1.807, 2.05) is 0 Å². The van der Waals surface area contributed by atoms with Crippen molar-refractivity contribution >= 4 is 25.2 Å². The first-order valence-corrected chi connectivity index (χ1v) is 8.47. The molecule has 9 nitrogen and oxygen atoms in total. The van der Waals surface area contributed by atoms with E-state index in [1.165, 1.54) is 20.8 Å². The van der Waals surface area contributed by atoms with Crippen LogP contribution in [-0.2, 0) is 42.6 Å². The Hall–Kier alpha value is -2.43. The van der Waals surface area contributed by atoms with E-state index < -0.39 is 25.2 Å². The number of esters is 3. The maximum Gasteiger partial charge on any atom is 0.639 e. The summed E-state index contributed by atoms with van der Waals surface area (Å²) >= 11 is 0. The highest BCUT2D eigenvalue weighted by atomic mass is 16.7. The molecule has 156 valence electrons. The van der Waals surface area contributed by atoms with Gasteiger partial charge in [0.2, 0.25) is 0 Å². The van der Waals surface area contributed by atoms with Crippen LogP contribution < -0.4 is 0 Å². The minimum atomic E-state index is -1.14. The molecule has 0 spiro atoms. The largest absolute Gasteiger partial charge is 0.639 e. The molecule has 0 aromatic rings. The average molecular weight is 398 g/mol. The smallest absolute Gasteiger partial charge is 0.460 e. The van der Waals surface area contributed by atoms with Crippen LogP contribution in [0.3, 0.4) is 0 Å². The zero-order chi connectivity index (χ0) is 21.5. The molecular weight excluding hydrogens is 371 g/mol. The normalized spacial score (nSPS) is 9.96. The highest BCUT2D eigenvalue weighted by molar-refractivity contribution is 6.36. The quantitative estimate of drug-likeness (QED) is 0.133. The summed E-state index contributed by atoms with van der Waals surface area (Å²) < 4.78 is 30.6. The molecule has 0 aromatic heterocycles. The van der Waals surface area contributed by atoms with Crippen molar-refractivity contribution in [2.24, 2.45) is 0 Å². The maximum absolute atomic E-state index is 11.3. The standard InChI is InChI=1S/C18H27BO9/c1-13(2)16(20)23-7-10-26-19(27-11-8-24-17(21)14(3)4)28-12-9-25-18(22)15(5)6/h1,3,5,7-12H2,2,4,6H3. The lowest BCUT2D eigenvalue weighted by Gasteiger charge is -2.15. The van der Waals surface area contributed by atoms with Crippen LogP contribution in [0.1, 0.15) is 20.8 Å². The molecule has 0 radical (unpaired) electrons. The van der Waals surface area contributed by atoms with Crippen molar-refractivity contribution in [3.05, 3.63) is 36.5 Å². The third kappa shape index (κ3) is 12.9. The summed E-state index contributed by atoms with van der Waals surface area (Å²) in [5.41, 5.74) is 0.799. The van der Waals surface area contributed by atoms with Gasteiger partial charge in [-0.3, -0.25) is 0 Å². The van der Waals surface area contributed by atoms with E-state index in [9.17, 15) is 14.4 Å². The van der Waals surface area contributed by atoms with Crippen LogP contribution in [0.25, 0.3) is 0 Å². The van der Waals surface area contributed by atoms with E-state index in [0.29, 0.717) is 0 Å². The fraction of sp³-hybridized carbons (Fsp3) is 0.500. The van der Waals surface area contributed by atoms with Gasteiger partial charge in [-0.05, 0) is 20.8 Å². The Kier molecular flexibility index (Phi) is 13.3. The van der Waals surface area contributed by atoms with Gasteiger partial charge in [0, 0.05) is 16.7 Å². The first-order chi connectivity index (χ1) is 13.1. The summed E-state index contributed by atoms with van der Waals surface area (Å²) in [6.07, 6.45) is 0. The monoisotopic (exact) mass is 398 g/mol. The molecule has 0 saturated heterocycles. The summed E-state index contributed by atoms with van der Waals surface area (Å²) in [5.74, 6) is -1.62. The molecule has 0 aliphatic carbocycles. The van der Waals surface area contributed by atoms with E-state index in [-0.39, 0.29) is 56.4 Å². The van der Waals surface area contributed by atoms with Crippen LogP contribution >= 0.6 is 0 Å². The summed E-state index contributed by atoms with van der Waals surface area (Å²) in [5, 5.41) is 0. The highest BCUT2D eigenvalue weighted by Crippen LogP contribution is 1.98. The lowest BCUT2D eigenvalue weighted by atomic mass is 10.2. The highest BCUT2D eigenvalue weighted by Gasteiger charge is 2.22. The Morgan fingerprint density at radius 3 is 1.04 bits per heavy atom. The molecule has 0 saturated carbocycles. The molecule has 0 heterocycles. The lowest BCUT2D eigenvalue weighted by Crippen LogP contribution is -2.32. The predicted molar refractivity (Wildman–Crippen MR) is 101 cm³/mol. The average Bonchev–Trinajstić information content (AvgIpc) is 2.63. The fourth-order valence-corrected chi connectivity index (χ4v) is 1.35. The molecule has 0 amide bonds. The van der Waals surface area contributed by atoms with Gasteiger partial charge in [-0.25, -0.2) is 14.4 Å². The number of carbonyl (C=O) groups is 3. The van der Waals surface area contributed by atoms with Crippen molar-refractivity contribution in [1.29, 1.82) is 0 Å². The Balaban J connectivity index is 4.28. The number of hydrogen-bond acceptors (Lipinski definition) is 9. The van der Waals surface area contributed by atoms with Crippen molar-refractivity contribution in [2.45, 2.75) is 20.8 Å². The van der Waals surface area contributed by atoms with Gasteiger partial charge in [0.15, 0.2) is 0 Å². The van der Waals surface area contributed by atoms with Crippen LogP contribution in [0.4, 0.5) is 0 Å². The Bertz CT molecular complexity index is 505. The van der Waals surface area contributed by atoms with Crippen molar-refractivity contribution in [1.82, 2.24) is 0 Å². The lowest BCUT2D eigenvalue weighted by molar-refractivity contribution is -0.140. The predicted octanol–water partition coefficient (Wildman–Crippen LogP) is 1.38. The van der Waals surface area contributed by atoms with E-state index in [2.05, 4.69) is 19.7 Å². The van der Waals surface area contributed by atoms with Gasteiger partial charge in [0.25, 0.3) is 0 Å². The molecule has 0 rings (SSSR count). The van der Waals surface area contributed by atoms with Crippen LogP contribution in [-0.4, -0.2) is 64.9 Å². The Morgan fingerprint density at radius 1 is 0.571 bits per heavy atom. The molecule has 28 heavy (non-hydrogen) atoms. The third-order valence-corrected chi connectivity index (χ3v) is 2.76. The van der Waals surface area contributed by atoms with E-state index in [1.54, 1.807) is 0 Å². The first kappa shape index (κ1) is 25.6. The summed E-state index contributed by atoms with van der Waals surface area (Å²) in [6.45, 7) is 14.8. The van der Waals surface area contributed by atoms with Gasteiger partial charge in [-0.1, -0.05) is 19.7 Å². The van der Waals surface area contributed by atoms with Gasteiger partial charge < -0.3 is 28.2 Å². The topological polar surface area (TPSA) is 107 Å². The van der Waals surface area contributed by atoms with Gasteiger partial charge >= 0.3 is 25.2 Å². The molecule has 0 aromatic carbocycles. The van der Waals surface area contributed by atoms with Crippen molar-refractivity contribution in [3.8, 4) is 0 Å². The fourth-order valence-electron chi connectivity index (χ4n) is 1.35. The third-order valence-electron chi connectivity index (χ3n) is 2.76. The van der Waals surface area contributed by atoms with Crippen molar-refractivity contribution in [2.75, 3.05) is 39.6 Å². The SMILES string of the molecule is C=C(C)C(=O)OCCOB(OCCOC(=O)C(=C)C)OCCOC(=O)C(=C)C. The second-order valence-corrected chi connectivity index (χ2v) is 5.65. The first-order valence-electron chi connectivity index (χ1n) is 8.47. The second kappa shape index (κ2) is 14.6. The molecule has 0 N–H and O–H groups in total. The van der Waals surface area contributed by atoms with Gasteiger partial charge in [0.05, 0.1) is 19.8 Å². The van der Waals surface area contributed by atoms with E-state index in [4.69, 9.17) is 28.2 Å². The van der Waals surface area contributed by atoms with Crippen LogP contribution in [0.5, 0.6) is 0 Å². The van der Waals surface area contributed by atoms with Crippen LogP contribution in [0.2, 0.25) is 0 Å². The molecule has 0 fully saturated rings. The minimum absolute atomic E-state index is 0.0131. The second-order valence-electron chi connectivity index (χ2n) is 5.65. The van der Waals surface area contributed by atoms with E-state index in [0.717, 1.165) is 0 Å². The molecule has 0 atom stereocenters. The van der Waals surface area contributed by atoms with Crippen molar-refractivity contribution in [3.63, 3.8) is 0 Å². The summed E-state index contributed by atoms with van der Waals surface area (Å²) in [7, 11) is -1.14. The number of rotatable bonds is 15. The Morgan fingerprint density at radius 2 is 0.821 bits per heavy atom. The molecule has 0 aliphatic heterocycles. The van der Waals surface area contributed by atoms with Crippen molar-refractivity contribution < 1.29 is 42.6 Å². The molecule has 0 aliphatic rings. The number of hydrogen-bond donors (Lipinski definition) is 0. The molecule has 10 heteroatoms. The summed E-state index contributed by atoms with van der Waals surface area (Å²) in [6, 6.07) is 0.